The zero-order chi connectivity index (χ0) is 17.4. The van der Waals surface area contributed by atoms with Crippen molar-refractivity contribution < 1.29 is 17.9 Å². The fourth-order valence-corrected chi connectivity index (χ4v) is 2.79. The average molecular weight is 349 g/mol. The van der Waals surface area contributed by atoms with Gasteiger partial charge in [-0.25, -0.2) is 15.0 Å². The molecule has 1 fully saturated rings. The maximum Gasteiger partial charge on any atom is 0.416 e. The van der Waals surface area contributed by atoms with Crippen molar-refractivity contribution >= 4 is 17.0 Å². The fraction of sp³-hybridized carbons (Fsp3) is 0.312. The third kappa shape index (κ3) is 3.02. The van der Waals surface area contributed by atoms with Gasteiger partial charge in [-0.2, -0.15) is 13.2 Å². The van der Waals surface area contributed by atoms with E-state index in [1.807, 2.05) is 4.90 Å². The molecule has 1 aliphatic rings. The van der Waals surface area contributed by atoms with Gasteiger partial charge in [0.05, 0.1) is 25.1 Å². The molecule has 4 rings (SSSR count). The number of nitrogens with one attached hydrogen (secondary N) is 1. The van der Waals surface area contributed by atoms with Gasteiger partial charge in [0.15, 0.2) is 17.3 Å². The van der Waals surface area contributed by atoms with Crippen LogP contribution in [0.2, 0.25) is 0 Å². The van der Waals surface area contributed by atoms with Gasteiger partial charge in [-0.15, -0.1) is 0 Å². The Balaban J connectivity index is 1.83. The molecule has 2 aromatic heterocycles. The average Bonchev–Trinajstić information content (AvgIpc) is 3.09. The lowest BCUT2D eigenvalue weighted by molar-refractivity contribution is -0.137. The Morgan fingerprint density at radius 1 is 1.12 bits per heavy atom. The highest BCUT2D eigenvalue weighted by atomic mass is 19.4. The molecule has 25 heavy (non-hydrogen) atoms. The Bertz CT molecular complexity index is 902. The van der Waals surface area contributed by atoms with Gasteiger partial charge in [0.1, 0.15) is 5.52 Å². The molecular formula is C16H14F3N5O. The van der Waals surface area contributed by atoms with Gasteiger partial charge in [-0.05, 0) is 12.1 Å². The highest BCUT2D eigenvalue weighted by Crippen LogP contribution is 2.32. The second kappa shape index (κ2) is 5.99. The third-order valence-corrected chi connectivity index (χ3v) is 4.03. The van der Waals surface area contributed by atoms with Crippen LogP contribution in [0.5, 0.6) is 0 Å². The van der Waals surface area contributed by atoms with Crippen molar-refractivity contribution in [3.8, 4) is 11.4 Å². The standard InChI is InChI=1S/C16H14F3N5O/c17-16(18,19)11-3-1-2-10(8-11)13-22-14-12(20-9-21-14)15(23-13)24-4-6-25-7-5-24/h1-3,8-9H,4-7H2,(H,20,21,22,23). The summed E-state index contributed by atoms with van der Waals surface area (Å²) in [7, 11) is 0. The van der Waals surface area contributed by atoms with Crippen molar-refractivity contribution in [2.45, 2.75) is 6.18 Å². The number of fused-ring (bicyclic) bond motifs is 1. The first-order chi connectivity index (χ1) is 12.0. The summed E-state index contributed by atoms with van der Waals surface area (Å²) < 4.78 is 44.3. The summed E-state index contributed by atoms with van der Waals surface area (Å²) in [6.07, 6.45) is -2.92. The number of anilines is 1. The summed E-state index contributed by atoms with van der Waals surface area (Å²) in [5.74, 6) is 0.838. The minimum atomic E-state index is -4.42. The third-order valence-electron chi connectivity index (χ3n) is 4.03. The Labute approximate surface area is 140 Å². The van der Waals surface area contributed by atoms with Crippen LogP contribution in [0.1, 0.15) is 5.56 Å². The molecule has 0 aliphatic carbocycles. The predicted octanol–water partition coefficient (Wildman–Crippen LogP) is 2.88. The number of H-pyrrole nitrogens is 1. The normalized spacial score (nSPS) is 15.7. The molecule has 0 atom stereocenters. The number of imidazole rings is 1. The fourth-order valence-electron chi connectivity index (χ4n) is 2.79. The van der Waals surface area contributed by atoms with Gasteiger partial charge in [-0.3, -0.25) is 0 Å². The van der Waals surface area contributed by atoms with E-state index in [1.54, 1.807) is 6.07 Å². The summed E-state index contributed by atoms with van der Waals surface area (Å²) in [6, 6.07) is 4.99. The van der Waals surface area contributed by atoms with E-state index >= 15 is 0 Å². The number of morpholine rings is 1. The number of hydrogen-bond donors (Lipinski definition) is 1. The molecule has 1 N–H and O–H groups in total. The molecule has 1 saturated heterocycles. The molecule has 1 aliphatic heterocycles. The maximum atomic E-state index is 13.0. The number of aromatic nitrogens is 4. The molecule has 3 aromatic rings. The van der Waals surface area contributed by atoms with Gasteiger partial charge in [0.25, 0.3) is 0 Å². The summed E-state index contributed by atoms with van der Waals surface area (Å²) in [5.41, 5.74) is 0.652. The summed E-state index contributed by atoms with van der Waals surface area (Å²) >= 11 is 0. The molecule has 0 unspecified atom stereocenters. The van der Waals surface area contributed by atoms with Crippen LogP contribution in [0.4, 0.5) is 19.0 Å². The number of rotatable bonds is 2. The van der Waals surface area contributed by atoms with E-state index in [0.717, 1.165) is 12.1 Å². The van der Waals surface area contributed by atoms with Crippen LogP contribution >= 0.6 is 0 Å². The van der Waals surface area contributed by atoms with Crippen LogP contribution in [0.15, 0.2) is 30.6 Å². The lowest BCUT2D eigenvalue weighted by Crippen LogP contribution is -2.37. The smallest absolute Gasteiger partial charge is 0.378 e. The Morgan fingerprint density at radius 2 is 1.92 bits per heavy atom. The molecule has 3 heterocycles. The van der Waals surface area contributed by atoms with Crippen LogP contribution in [-0.4, -0.2) is 46.2 Å². The molecule has 0 spiro atoms. The number of alkyl halides is 3. The number of ether oxygens (including phenoxy) is 1. The minimum Gasteiger partial charge on any atom is -0.378 e. The Hall–Kier alpha value is -2.68. The highest BCUT2D eigenvalue weighted by Gasteiger charge is 2.31. The minimum absolute atomic E-state index is 0.215. The van der Waals surface area contributed by atoms with Crippen LogP contribution in [0, 0.1) is 0 Å². The molecular weight excluding hydrogens is 335 g/mol. The predicted molar refractivity (Wildman–Crippen MR) is 85.2 cm³/mol. The van der Waals surface area contributed by atoms with Gasteiger partial charge in [0, 0.05) is 18.7 Å². The largest absolute Gasteiger partial charge is 0.416 e. The summed E-state index contributed by atoms with van der Waals surface area (Å²) in [4.78, 5) is 18.0. The molecule has 130 valence electrons. The van der Waals surface area contributed by atoms with Crippen LogP contribution in [0.25, 0.3) is 22.6 Å². The van der Waals surface area contributed by atoms with Crippen molar-refractivity contribution in [3.05, 3.63) is 36.2 Å². The van der Waals surface area contributed by atoms with Crippen molar-refractivity contribution in [1.29, 1.82) is 0 Å². The van der Waals surface area contributed by atoms with Crippen molar-refractivity contribution in [2.75, 3.05) is 31.2 Å². The molecule has 9 heteroatoms. The van der Waals surface area contributed by atoms with E-state index in [0.29, 0.717) is 48.8 Å². The second-order valence-electron chi connectivity index (χ2n) is 5.65. The Kier molecular flexibility index (Phi) is 3.79. The SMILES string of the molecule is FC(F)(F)c1cccc(-c2nc(N3CCOCC3)c3[nH]cnc3n2)c1. The van der Waals surface area contributed by atoms with Gasteiger partial charge in [-0.1, -0.05) is 12.1 Å². The van der Waals surface area contributed by atoms with Crippen LogP contribution in [0.3, 0.4) is 0 Å². The van der Waals surface area contributed by atoms with E-state index in [4.69, 9.17) is 4.74 Å². The quantitative estimate of drug-likeness (QED) is 0.771. The molecule has 0 saturated carbocycles. The number of aromatic amines is 1. The number of halogens is 3. The van der Waals surface area contributed by atoms with Crippen molar-refractivity contribution in [1.82, 2.24) is 19.9 Å². The summed E-state index contributed by atoms with van der Waals surface area (Å²) in [5, 5.41) is 0. The molecule has 0 radical (unpaired) electrons. The van der Waals surface area contributed by atoms with E-state index in [9.17, 15) is 13.2 Å². The van der Waals surface area contributed by atoms with Crippen molar-refractivity contribution in [3.63, 3.8) is 0 Å². The van der Waals surface area contributed by atoms with Crippen LogP contribution < -0.4 is 4.90 Å². The maximum absolute atomic E-state index is 13.0. The molecule has 6 nitrogen and oxygen atoms in total. The number of benzene rings is 1. The topological polar surface area (TPSA) is 66.9 Å². The highest BCUT2D eigenvalue weighted by molar-refractivity contribution is 5.85. The van der Waals surface area contributed by atoms with Crippen LogP contribution in [-0.2, 0) is 10.9 Å². The first kappa shape index (κ1) is 15.8. The zero-order valence-electron chi connectivity index (χ0n) is 13.0. The molecule has 1 aromatic carbocycles. The van der Waals surface area contributed by atoms with Gasteiger partial charge >= 0.3 is 6.18 Å². The second-order valence-corrected chi connectivity index (χ2v) is 5.65. The number of nitrogens with zero attached hydrogens (tertiary/aromatic N) is 4. The summed E-state index contributed by atoms with van der Waals surface area (Å²) in [6.45, 7) is 2.43. The van der Waals surface area contributed by atoms with E-state index in [2.05, 4.69) is 19.9 Å². The lowest BCUT2D eigenvalue weighted by atomic mass is 10.1. The zero-order valence-corrected chi connectivity index (χ0v) is 13.0. The van der Waals surface area contributed by atoms with E-state index in [1.165, 1.54) is 12.4 Å². The van der Waals surface area contributed by atoms with Crippen molar-refractivity contribution in [2.24, 2.45) is 0 Å². The lowest BCUT2D eigenvalue weighted by Gasteiger charge is -2.28. The van der Waals surface area contributed by atoms with E-state index in [-0.39, 0.29) is 5.82 Å². The molecule has 0 amide bonds. The first-order valence-corrected chi connectivity index (χ1v) is 7.74. The Morgan fingerprint density at radius 3 is 2.68 bits per heavy atom. The monoisotopic (exact) mass is 349 g/mol. The first-order valence-electron chi connectivity index (χ1n) is 7.74. The number of hydrogen-bond acceptors (Lipinski definition) is 5. The van der Waals surface area contributed by atoms with Gasteiger partial charge < -0.3 is 14.6 Å². The molecule has 0 bridgehead atoms. The van der Waals surface area contributed by atoms with E-state index < -0.39 is 11.7 Å². The van der Waals surface area contributed by atoms with Gasteiger partial charge in [0.2, 0.25) is 0 Å².